The molecular formula is C4H11N3. The van der Waals surface area contributed by atoms with E-state index in [1.165, 1.54) is 0 Å². The summed E-state index contributed by atoms with van der Waals surface area (Å²) in [7, 11) is 0. The molecule has 0 bridgehead atoms. The SMILES string of the molecule is NCC1CNCN1. The predicted octanol–water partition coefficient (Wildman–Crippen LogP) is -1.54. The smallest absolute Gasteiger partial charge is 0.0457 e. The Balaban J connectivity index is 2.14. The van der Waals surface area contributed by atoms with Crippen LogP contribution in [0.5, 0.6) is 0 Å². The van der Waals surface area contributed by atoms with E-state index in [0.717, 1.165) is 19.8 Å². The van der Waals surface area contributed by atoms with Crippen LogP contribution in [-0.4, -0.2) is 25.8 Å². The fraction of sp³-hybridized carbons (Fsp3) is 1.00. The molecule has 1 aliphatic heterocycles. The maximum atomic E-state index is 5.33. The van der Waals surface area contributed by atoms with Crippen LogP contribution in [0.2, 0.25) is 0 Å². The molecule has 1 fully saturated rings. The van der Waals surface area contributed by atoms with Crippen molar-refractivity contribution in [3.05, 3.63) is 0 Å². The van der Waals surface area contributed by atoms with Gasteiger partial charge in [0.25, 0.3) is 0 Å². The molecule has 0 amide bonds. The van der Waals surface area contributed by atoms with Gasteiger partial charge in [0, 0.05) is 25.8 Å². The third-order valence-corrected chi connectivity index (χ3v) is 1.19. The highest BCUT2D eigenvalue weighted by Gasteiger charge is 2.08. The Hall–Kier alpha value is -0.120. The minimum atomic E-state index is 0.514. The van der Waals surface area contributed by atoms with Gasteiger partial charge in [0.2, 0.25) is 0 Å². The van der Waals surface area contributed by atoms with Crippen molar-refractivity contribution in [2.75, 3.05) is 19.8 Å². The van der Waals surface area contributed by atoms with E-state index in [-0.39, 0.29) is 0 Å². The minimum absolute atomic E-state index is 0.514. The van der Waals surface area contributed by atoms with Crippen LogP contribution in [0.4, 0.5) is 0 Å². The van der Waals surface area contributed by atoms with E-state index in [9.17, 15) is 0 Å². The van der Waals surface area contributed by atoms with Crippen LogP contribution in [0.1, 0.15) is 0 Å². The van der Waals surface area contributed by atoms with Crippen LogP contribution in [0.15, 0.2) is 0 Å². The van der Waals surface area contributed by atoms with Crippen molar-refractivity contribution >= 4 is 0 Å². The first-order chi connectivity index (χ1) is 3.43. The summed E-state index contributed by atoms with van der Waals surface area (Å²) in [4.78, 5) is 0. The summed E-state index contributed by atoms with van der Waals surface area (Å²) in [5, 5.41) is 6.30. The van der Waals surface area contributed by atoms with Gasteiger partial charge in [0.05, 0.1) is 0 Å². The first kappa shape index (κ1) is 5.03. The van der Waals surface area contributed by atoms with Crippen LogP contribution >= 0.6 is 0 Å². The number of rotatable bonds is 1. The lowest BCUT2D eigenvalue weighted by molar-refractivity contribution is 0.642. The number of nitrogens with one attached hydrogen (secondary N) is 2. The van der Waals surface area contributed by atoms with E-state index in [1.807, 2.05) is 0 Å². The molecule has 3 heteroatoms. The van der Waals surface area contributed by atoms with Gasteiger partial charge in [-0.1, -0.05) is 0 Å². The molecule has 0 saturated carbocycles. The summed E-state index contributed by atoms with van der Waals surface area (Å²) < 4.78 is 0. The van der Waals surface area contributed by atoms with E-state index in [0.29, 0.717) is 6.04 Å². The molecule has 0 aromatic rings. The van der Waals surface area contributed by atoms with Crippen molar-refractivity contribution < 1.29 is 0 Å². The summed E-state index contributed by atoms with van der Waals surface area (Å²) in [6.07, 6.45) is 0. The molecule has 42 valence electrons. The molecule has 0 radical (unpaired) electrons. The zero-order valence-corrected chi connectivity index (χ0v) is 4.28. The highest BCUT2D eigenvalue weighted by Crippen LogP contribution is 1.80. The molecule has 0 aromatic heterocycles. The molecule has 1 saturated heterocycles. The molecule has 0 aliphatic carbocycles. The average Bonchev–Trinajstić information content (AvgIpc) is 2.14. The van der Waals surface area contributed by atoms with E-state index in [1.54, 1.807) is 0 Å². The van der Waals surface area contributed by atoms with Gasteiger partial charge in [-0.15, -0.1) is 0 Å². The van der Waals surface area contributed by atoms with Crippen LogP contribution in [-0.2, 0) is 0 Å². The van der Waals surface area contributed by atoms with Crippen LogP contribution < -0.4 is 16.4 Å². The summed E-state index contributed by atoms with van der Waals surface area (Å²) in [5.74, 6) is 0. The molecule has 4 N–H and O–H groups in total. The topological polar surface area (TPSA) is 50.1 Å². The van der Waals surface area contributed by atoms with Crippen LogP contribution in [0, 0.1) is 0 Å². The predicted molar refractivity (Wildman–Crippen MR) is 28.8 cm³/mol. The normalized spacial score (nSPS) is 31.3. The van der Waals surface area contributed by atoms with Crippen LogP contribution in [0.3, 0.4) is 0 Å². The molecule has 7 heavy (non-hydrogen) atoms. The van der Waals surface area contributed by atoms with Gasteiger partial charge in [-0.25, -0.2) is 0 Å². The van der Waals surface area contributed by atoms with Gasteiger partial charge in [-0.2, -0.15) is 0 Å². The molecule has 1 rings (SSSR count). The molecule has 1 atom stereocenters. The highest BCUT2D eigenvalue weighted by molar-refractivity contribution is 4.74. The van der Waals surface area contributed by atoms with Crippen LogP contribution in [0.25, 0.3) is 0 Å². The Morgan fingerprint density at radius 2 is 2.57 bits per heavy atom. The highest BCUT2D eigenvalue weighted by atomic mass is 15.2. The summed E-state index contributed by atoms with van der Waals surface area (Å²) in [6.45, 7) is 2.69. The fourth-order valence-electron chi connectivity index (χ4n) is 0.702. The third kappa shape index (κ3) is 1.12. The fourth-order valence-corrected chi connectivity index (χ4v) is 0.702. The Bertz CT molecular complexity index is 48.9. The van der Waals surface area contributed by atoms with Gasteiger partial charge < -0.3 is 11.1 Å². The lowest BCUT2D eigenvalue weighted by Crippen LogP contribution is -2.31. The number of hydrogen-bond donors (Lipinski definition) is 3. The second kappa shape index (κ2) is 2.26. The second-order valence-electron chi connectivity index (χ2n) is 1.77. The lowest BCUT2D eigenvalue weighted by atomic mass is 10.3. The van der Waals surface area contributed by atoms with Crippen molar-refractivity contribution in [2.45, 2.75) is 6.04 Å². The molecule has 1 aliphatic rings. The largest absolute Gasteiger partial charge is 0.329 e. The van der Waals surface area contributed by atoms with Gasteiger partial charge in [-0.05, 0) is 0 Å². The maximum Gasteiger partial charge on any atom is 0.0457 e. The minimum Gasteiger partial charge on any atom is -0.329 e. The zero-order valence-electron chi connectivity index (χ0n) is 4.28. The Labute approximate surface area is 43.3 Å². The molecule has 0 spiro atoms. The molecule has 1 heterocycles. The average molecular weight is 101 g/mol. The van der Waals surface area contributed by atoms with E-state index in [2.05, 4.69) is 10.6 Å². The standard InChI is InChI=1S/C4H11N3/c5-1-4-2-6-3-7-4/h4,6-7H,1-3,5H2. The van der Waals surface area contributed by atoms with E-state index >= 15 is 0 Å². The van der Waals surface area contributed by atoms with Crippen molar-refractivity contribution in [1.82, 2.24) is 10.6 Å². The zero-order chi connectivity index (χ0) is 5.11. The molecule has 0 aromatic carbocycles. The Morgan fingerprint density at radius 1 is 1.71 bits per heavy atom. The van der Waals surface area contributed by atoms with E-state index < -0.39 is 0 Å². The van der Waals surface area contributed by atoms with Crippen molar-refractivity contribution in [3.8, 4) is 0 Å². The van der Waals surface area contributed by atoms with Crippen molar-refractivity contribution in [3.63, 3.8) is 0 Å². The maximum absolute atomic E-state index is 5.33. The summed E-state index contributed by atoms with van der Waals surface area (Å²) >= 11 is 0. The molecule has 1 unspecified atom stereocenters. The summed E-state index contributed by atoms with van der Waals surface area (Å²) in [6, 6.07) is 0.514. The van der Waals surface area contributed by atoms with E-state index in [4.69, 9.17) is 5.73 Å². The lowest BCUT2D eigenvalue weighted by Gasteiger charge is -2.00. The first-order valence-corrected chi connectivity index (χ1v) is 2.57. The second-order valence-corrected chi connectivity index (χ2v) is 1.77. The van der Waals surface area contributed by atoms with Gasteiger partial charge in [-0.3, -0.25) is 5.32 Å². The van der Waals surface area contributed by atoms with Gasteiger partial charge in [0.15, 0.2) is 0 Å². The Kier molecular flexibility index (Phi) is 1.62. The molecular weight excluding hydrogens is 90.1 g/mol. The first-order valence-electron chi connectivity index (χ1n) is 2.57. The Morgan fingerprint density at radius 3 is 2.86 bits per heavy atom. The number of nitrogens with two attached hydrogens (primary N) is 1. The monoisotopic (exact) mass is 101 g/mol. The quantitative estimate of drug-likeness (QED) is 0.375. The van der Waals surface area contributed by atoms with Crippen molar-refractivity contribution in [2.24, 2.45) is 5.73 Å². The molecule has 3 nitrogen and oxygen atoms in total. The van der Waals surface area contributed by atoms with Gasteiger partial charge in [0.1, 0.15) is 0 Å². The van der Waals surface area contributed by atoms with Crippen molar-refractivity contribution in [1.29, 1.82) is 0 Å². The number of hydrogen-bond acceptors (Lipinski definition) is 3. The third-order valence-electron chi connectivity index (χ3n) is 1.19. The summed E-state index contributed by atoms with van der Waals surface area (Å²) in [5.41, 5.74) is 5.33. The van der Waals surface area contributed by atoms with Gasteiger partial charge >= 0.3 is 0 Å².